The zero-order chi connectivity index (χ0) is 27.6. The van der Waals surface area contributed by atoms with E-state index in [1.165, 1.54) is 24.3 Å². The monoisotopic (exact) mass is 508 g/mol. The van der Waals surface area contributed by atoms with Gasteiger partial charge < -0.3 is 43.4 Å². The second-order valence-electron chi connectivity index (χ2n) is 8.51. The van der Waals surface area contributed by atoms with E-state index in [0.717, 1.165) is 0 Å². The van der Waals surface area contributed by atoms with Crippen molar-refractivity contribution < 1.29 is 39.0 Å². The smallest absolute Gasteiger partial charge is 0.326 e. The van der Waals surface area contributed by atoms with Gasteiger partial charge in [0.15, 0.2) is 0 Å². The zero-order valence-electron chi connectivity index (χ0n) is 19.9. The number of carbonyl (C=O) groups excluding carboxylic acids is 5. The fourth-order valence-corrected chi connectivity index (χ4v) is 3.12. The van der Waals surface area contributed by atoms with E-state index in [-0.39, 0.29) is 12.2 Å². The first kappa shape index (κ1) is 29.8. The molecule has 14 heteroatoms. The number of benzene rings is 1. The topological polar surface area (TPSA) is 257 Å². The van der Waals surface area contributed by atoms with Crippen molar-refractivity contribution >= 4 is 35.5 Å². The Balaban J connectivity index is 2.98. The molecule has 0 fully saturated rings. The molecule has 0 bridgehead atoms. The highest BCUT2D eigenvalue weighted by Gasteiger charge is 2.32. The lowest BCUT2D eigenvalue weighted by atomic mass is 10.0. The summed E-state index contributed by atoms with van der Waals surface area (Å²) >= 11 is 0. The third-order valence-electron chi connectivity index (χ3n) is 5.03. The lowest BCUT2D eigenvalue weighted by Crippen LogP contribution is -2.59. The summed E-state index contributed by atoms with van der Waals surface area (Å²) in [6.45, 7) is 3.18. The predicted octanol–water partition coefficient (Wildman–Crippen LogP) is -2.79. The van der Waals surface area contributed by atoms with Crippen molar-refractivity contribution in [1.29, 1.82) is 0 Å². The van der Waals surface area contributed by atoms with Crippen molar-refractivity contribution in [2.24, 2.45) is 23.1 Å². The highest BCUT2D eigenvalue weighted by atomic mass is 16.4. The van der Waals surface area contributed by atoms with Crippen LogP contribution in [0.25, 0.3) is 0 Å². The second kappa shape index (κ2) is 13.6. The molecule has 0 heterocycles. The van der Waals surface area contributed by atoms with Crippen molar-refractivity contribution in [2.75, 3.05) is 0 Å². The Morgan fingerprint density at radius 2 is 1.33 bits per heavy atom. The van der Waals surface area contributed by atoms with Gasteiger partial charge in [-0.05, 0) is 23.6 Å². The minimum Gasteiger partial charge on any atom is -0.508 e. The molecule has 198 valence electrons. The quantitative estimate of drug-likeness (QED) is 0.129. The van der Waals surface area contributed by atoms with Crippen molar-refractivity contribution in [3.05, 3.63) is 29.8 Å². The minimum absolute atomic E-state index is 0.00886. The van der Waals surface area contributed by atoms with E-state index in [0.29, 0.717) is 5.56 Å². The van der Waals surface area contributed by atoms with Gasteiger partial charge >= 0.3 is 5.97 Å². The van der Waals surface area contributed by atoms with Gasteiger partial charge in [-0.3, -0.25) is 24.0 Å². The normalized spacial score (nSPS) is 14.1. The molecule has 0 aliphatic carbocycles. The van der Waals surface area contributed by atoms with Crippen LogP contribution in [0.2, 0.25) is 0 Å². The van der Waals surface area contributed by atoms with Crippen LogP contribution in [-0.2, 0) is 35.2 Å². The predicted molar refractivity (Wildman–Crippen MR) is 126 cm³/mol. The molecule has 0 saturated heterocycles. The summed E-state index contributed by atoms with van der Waals surface area (Å²) in [5.41, 5.74) is 16.2. The molecule has 1 rings (SSSR count). The van der Waals surface area contributed by atoms with Crippen LogP contribution < -0.4 is 33.2 Å². The van der Waals surface area contributed by atoms with Gasteiger partial charge in [0, 0.05) is 6.42 Å². The number of phenols is 1. The molecule has 36 heavy (non-hydrogen) atoms. The Morgan fingerprint density at radius 1 is 0.806 bits per heavy atom. The first-order chi connectivity index (χ1) is 16.7. The number of nitrogens with one attached hydrogen (secondary N) is 3. The number of carboxylic acid groups (broad SMARTS) is 1. The average molecular weight is 509 g/mol. The number of amides is 5. The number of rotatable bonds is 14. The van der Waals surface area contributed by atoms with Crippen LogP contribution in [0.5, 0.6) is 5.75 Å². The summed E-state index contributed by atoms with van der Waals surface area (Å²) in [5, 5.41) is 25.9. The summed E-state index contributed by atoms with van der Waals surface area (Å²) in [7, 11) is 0. The third-order valence-corrected chi connectivity index (χ3v) is 5.03. The van der Waals surface area contributed by atoms with Gasteiger partial charge in [0.1, 0.15) is 23.9 Å². The number of carboxylic acids is 1. The Morgan fingerprint density at radius 3 is 1.81 bits per heavy atom. The van der Waals surface area contributed by atoms with Gasteiger partial charge in [-0.15, -0.1) is 0 Å². The molecule has 5 amide bonds. The number of nitrogens with two attached hydrogens (primary N) is 3. The SMILES string of the molecule is CC(C)C(NC(=O)C(CC(N)=O)NC(=O)C(N)CC(N)=O)C(=O)NC(Cc1ccc(O)cc1)C(=O)O. The Hall–Kier alpha value is -4.20. The molecule has 0 aliphatic rings. The lowest BCUT2D eigenvalue weighted by molar-refractivity contribution is -0.142. The number of hydrogen-bond acceptors (Lipinski definition) is 8. The Bertz CT molecular complexity index is 981. The van der Waals surface area contributed by atoms with Crippen LogP contribution in [0.3, 0.4) is 0 Å². The standard InChI is InChI=1S/C22H32N6O8/c1-10(2)18(21(34)27-15(22(35)36)7-11-3-5-12(29)6-4-11)28-20(33)14(9-17(25)31)26-19(32)13(23)8-16(24)30/h3-6,10,13-15,18,29H,7-9,23H2,1-2H3,(H2,24,30)(H2,25,31)(H,26,32)(H,27,34)(H,28,33)(H,35,36). The van der Waals surface area contributed by atoms with E-state index in [1.54, 1.807) is 13.8 Å². The van der Waals surface area contributed by atoms with E-state index in [4.69, 9.17) is 17.2 Å². The largest absolute Gasteiger partial charge is 0.508 e. The Kier molecular flexibility index (Phi) is 11.3. The molecular weight excluding hydrogens is 476 g/mol. The molecular formula is C22H32N6O8. The molecule has 4 atom stereocenters. The van der Waals surface area contributed by atoms with E-state index in [9.17, 15) is 39.0 Å². The van der Waals surface area contributed by atoms with Crippen LogP contribution in [-0.4, -0.2) is 69.9 Å². The van der Waals surface area contributed by atoms with Crippen LogP contribution in [0, 0.1) is 5.92 Å². The maximum absolute atomic E-state index is 12.9. The number of carbonyl (C=O) groups is 6. The van der Waals surface area contributed by atoms with Crippen LogP contribution in [0.1, 0.15) is 32.3 Å². The summed E-state index contributed by atoms with van der Waals surface area (Å²) in [6.07, 6.45) is -1.24. The number of primary amides is 2. The fourth-order valence-electron chi connectivity index (χ4n) is 3.12. The molecule has 0 aliphatic heterocycles. The lowest BCUT2D eigenvalue weighted by Gasteiger charge is -2.26. The van der Waals surface area contributed by atoms with Crippen molar-refractivity contribution in [1.82, 2.24) is 16.0 Å². The summed E-state index contributed by atoms with van der Waals surface area (Å²) in [4.78, 5) is 72.1. The molecule has 0 saturated carbocycles. The highest BCUT2D eigenvalue weighted by molar-refractivity contribution is 5.97. The van der Waals surface area contributed by atoms with Crippen molar-refractivity contribution in [3.63, 3.8) is 0 Å². The van der Waals surface area contributed by atoms with Gasteiger partial charge in [-0.1, -0.05) is 26.0 Å². The van der Waals surface area contributed by atoms with E-state index >= 15 is 0 Å². The summed E-state index contributed by atoms with van der Waals surface area (Å²) < 4.78 is 0. The number of phenolic OH excluding ortho intramolecular Hbond substituents is 1. The molecule has 14 nitrogen and oxygen atoms in total. The van der Waals surface area contributed by atoms with Crippen LogP contribution >= 0.6 is 0 Å². The molecule has 1 aromatic carbocycles. The molecule has 1 aromatic rings. The first-order valence-corrected chi connectivity index (χ1v) is 10.9. The molecule has 4 unspecified atom stereocenters. The van der Waals surface area contributed by atoms with E-state index in [1.807, 2.05) is 0 Å². The molecule has 11 N–H and O–H groups in total. The highest BCUT2D eigenvalue weighted by Crippen LogP contribution is 2.12. The van der Waals surface area contributed by atoms with E-state index < -0.39 is 78.4 Å². The molecule has 0 spiro atoms. The minimum atomic E-state index is -1.52. The number of hydrogen-bond donors (Lipinski definition) is 8. The van der Waals surface area contributed by atoms with Gasteiger partial charge in [-0.25, -0.2) is 4.79 Å². The zero-order valence-corrected chi connectivity index (χ0v) is 19.9. The van der Waals surface area contributed by atoms with Gasteiger partial charge in [0.05, 0.1) is 18.9 Å². The molecule has 0 radical (unpaired) electrons. The number of aromatic hydroxyl groups is 1. The van der Waals surface area contributed by atoms with Gasteiger partial charge in [0.25, 0.3) is 0 Å². The maximum atomic E-state index is 12.9. The van der Waals surface area contributed by atoms with Gasteiger partial charge in [0.2, 0.25) is 29.5 Å². The average Bonchev–Trinajstić information content (AvgIpc) is 2.76. The van der Waals surface area contributed by atoms with E-state index in [2.05, 4.69) is 16.0 Å². The van der Waals surface area contributed by atoms with Crippen molar-refractivity contribution in [2.45, 2.75) is 57.3 Å². The third kappa shape index (κ3) is 9.97. The second-order valence-corrected chi connectivity index (χ2v) is 8.51. The molecule has 0 aromatic heterocycles. The van der Waals surface area contributed by atoms with Crippen LogP contribution in [0.15, 0.2) is 24.3 Å². The number of aliphatic carboxylic acids is 1. The first-order valence-electron chi connectivity index (χ1n) is 10.9. The Labute approximate surface area is 206 Å². The fraction of sp³-hybridized carbons (Fsp3) is 0.455. The van der Waals surface area contributed by atoms with Crippen molar-refractivity contribution in [3.8, 4) is 5.75 Å². The van der Waals surface area contributed by atoms with Crippen LogP contribution in [0.4, 0.5) is 0 Å². The summed E-state index contributed by atoms with van der Waals surface area (Å²) in [5.74, 6) is -6.38. The maximum Gasteiger partial charge on any atom is 0.326 e. The van der Waals surface area contributed by atoms with Gasteiger partial charge in [-0.2, -0.15) is 0 Å². The summed E-state index contributed by atoms with van der Waals surface area (Å²) in [6, 6.07) is 0.240.